The Bertz CT molecular complexity index is 156. The smallest absolute Gasteiger partial charge is 0.221 e. The second-order valence-electron chi connectivity index (χ2n) is 3.25. The summed E-state index contributed by atoms with van der Waals surface area (Å²) in [6, 6.07) is 0. The summed E-state index contributed by atoms with van der Waals surface area (Å²) in [7, 11) is 0. The van der Waals surface area contributed by atoms with E-state index in [0.29, 0.717) is 13.0 Å². The topological polar surface area (TPSA) is 50.4 Å². The summed E-state index contributed by atoms with van der Waals surface area (Å²) in [4.78, 5) is 11.3. The molecule has 0 aromatic heterocycles. The van der Waals surface area contributed by atoms with Gasteiger partial charge in [-0.3, -0.25) is 10.1 Å². The zero-order valence-electron chi connectivity index (χ0n) is 8.14. The third-order valence-electron chi connectivity index (χ3n) is 2.01. The number of unbranched alkanes of at least 4 members (excludes halogenated alkanes) is 1. The monoisotopic (exact) mass is 186 g/mol. The first-order chi connectivity index (χ1) is 6.33. The summed E-state index contributed by atoms with van der Waals surface area (Å²) in [6.07, 6.45) is 2.65. The van der Waals surface area contributed by atoms with Crippen LogP contribution in [0.4, 0.5) is 0 Å². The van der Waals surface area contributed by atoms with E-state index in [4.69, 9.17) is 4.74 Å². The molecule has 0 bridgehead atoms. The van der Waals surface area contributed by atoms with Crippen LogP contribution in [-0.4, -0.2) is 31.8 Å². The lowest BCUT2D eigenvalue weighted by molar-refractivity contribution is -0.123. The van der Waals surface area contributed by atoms with Crippen molar-refractivity contribution in [1.29, 1.82) is 0 Å². The molecule has 1 heterocycles. The Morgan fingerprint density at radius 3 is 3.15 bits per heavy atom. The molecule has 1 rings (SSSR count). The number of hydrogen-bond donors (Lipinski definition) is 2. The Balaban J connectivity index is 2.11. The lowest BCUT2D eigenvalue weighted by Gasteiger charge is -2.24. The van der Waals surface area contributed by atoms with Gasteiger partial charge in [0.25, 0.3) is 0 Å². The summed E-state index contributed by atoms with van der Waals surface area (Å²) in [5, 5.41) is 6.05. The standard InChI is InChI=1S/C9H18N2O2/c1-2-3-4-9(12)11-8-7-13-6-5-10-8/h8,10H,2-7H2,1H3,(H,11,12). The summed E-state index contributed by atoms with van der Waals surface area (Å²) in [5.41, 5.74) is 0. The molecule has 0 aromatic rings. The molecule has 0 aromatic carbocycles. The summed E-state index contributed by atoms with van der Waals surface area (Å²) >= 11 is 0. The van der Waals surface area contributed by atoms with Crippen LogP contribution in [0.25, 0.3) is 0 Å². The van der Waals surface area contributed by atoms with Crippen LogP contribution in [0.5, 0.6) is 0 Å². The number of rotatable bonds is 4. The maximum absolute atomic E-state index is 11.3. The number of amides is 1. The highest BCUT2D eigenvalue weighted by molar-refractivity contribution is 5.76. The summed E-state index contributed by atoms with van der Waals surface area (Å²) in [5.74, 6) is 0.116. The number of ether oxygens (including phenoxy) is 1. The van der Waals surface area contributed by atoms with Gasteiger partial charge in [0.15, 0.2) is 0 Å². The van der Waals surface area contributed by atoms with Gasteiger partial charge in [-0.15, -0.1) is 0 Å². The number of nitrogens with one attached hydrogen (secondary N) is 2. The van der Waals surface area contributed by atoms with E-state index in [1.54, 1.807) is 0 Å². The van der Waals surface area contributed by atoms with E-state index in [-0.39, 0.29) is 12.1 Å². The van der Waals surface area contributed by atoms with Gasteiger partial charge >= 0.3 is 0 Å². The van der Waals surface area contributed by atoms with Crippen molar-refractivity contribution in [3.8, 4) is 0 Å². The molecule has 1 atom stereocenters. The molecule has 76 valence electrons. The fraction of sp³-hybridized carbons (Fsp3) is 0.889. The predicted molar refractivity (Wildman–Crippen MR) is 50.3 cm³/mol. The second-order valence-corrected chi connectivity index (χ2v) is 3.25. The third-order valence-corrected chi connectivity index (χ3v) is 2.01. The first-order valence-electron chi connectivity index (χ1n) is 4.93. The zero-order valence-corrected chi connectivity index (χ0v) is 8.14. The molecule has 1 unspecified atom stereocenters. The highest BCUT2D eigenvalue weighted by atomic mass is 16.5. The average Bonchev–Trinajstić information content (AvgIpc) is 2.16. The molecule has 2 N–H and O–H groups in total. The maximum Gasteiger partial charge on any atom is 0.221 e. The fourth-order valence-electron chi connectivity index (χ4n) is 1.26. The molecule has 0 saturated carbocycles. The molecule has 4 heteroatoms. The van der Waals surface area contributed by atoms with Crippen LogP contribution in [0.15, 0.2) is 0 Å². The Morgan fingerprint density at radius 1 is 1.69 bits per heavy atom. The minimum absolute atomic E-state index is 0.0121. The van der Waals surface area contributed by atoms with Crippen molar-refractivity contribution in [2.24, 2.45) is 0 Å². The van der Waals surface area contributed by atoms with Crippen LogP contribution in [0, 0.1) is 0 Å². The van der Waals surface area contributed by atoms with Gasteiger partial charge in [0, 0.05) is 13.0 Å². The number of hydrogen-bond acceptors (Lipinski definition) is 3. The van der Waals surface area contributed by atoms with E-state index in [2.05, 4.69) is 17.6 Å². The second kappa shape index (κ2) is 5.94. The van der Waals surface area contributed by atoms with E-state index >= 15 is 0 Å². The Kier molecular flexibility index (Phi) is 4.78. The first-order valence-corrected chi connectivity index (χ1v) is 4.93. The molecular weight excluding hydrogens is 168 g/mol. The van der Waals surface area contributed by atoms with Crippen molar-refractivity contribution in [1.82, 2.24) is 10.6 Å². The molecule has 0 spiro atoms. The van der Waals surface area contributed by atoms with Crippen molar-refractivity contribution in [3.05, 3.63) is 0 Å². The van der Waals surface area contributed by atoms with Gasteiger partial charge < -0.3 is 10.1 Å². The van der Waals surface area contributed by atoms with Gasteiger partial charge in [-0.1, -0.05) is 13.3 Å². The van der Waals surface area contributed by atoms with Crippen LogP contribution < -0.4 is 10.6 Å². The van der Waals surface area contributed by atoms with Crippen molar-refractivity contribution in [3.63, 3.8) is 0 Å². The minimum atomic E-state index is 0.0121. The third kappa shape index (κ3) is 4.24. The Morgan fingerprint density at radius 2 is 2.54 bits per heavy atom. The normalized spacial score (nSPS) is 22.7. The number of carbonyl (C=O) groups is 1. The highest BCUT2D eigenvalue weighted by Gasteiger charge is 2.14. The first kappa shape index (κ1) is 10.5. The Hall–Kier alpha value is -0.610. The van der Waals surface area contributed by atoms with Crippen LogP contribution in [0.2, 0.25) is 0 Å². The van der Waals surface area contributed by atoms with Gasteiger partial charge in [0.1, 0.15) is 6.17 Å². The van der Waals surface area contributed by atoms with E-state index in [0.717, 1.165) is 26.0 Å². The number of morpholine rings is 1. The largest absolute Gasteiger partial charge is 0.377 e. The van der Waals surface area contributed by atoms with Crippen molar-refractivity contribution in [2.45, 2.75) is 32.4 Å². The van der Waals surface area contributed by atoms with Crippen LogP contribution in [0.1, 0.15) is 26.2 Å². The van der Waals surface area contributed by atoms with E-state index < -0.39 is 0 Å². The molecular formula is C9H18N2O2. The molecule has 0 radical (unpaired) electrons. The van der Waals surface area contributed by atoms with Crippen molar-refractivity contribution >= 4 is 5.91 Å². The molecule has 1 saturated heterocycles. The van der Waals surface area contributed by atoms with Gasteiger partial charge in [0.2, 0.25) is 5.91 Å². The van der Waals surface area contributed by atoms with Crippen LogP contribution >= 0.6 is 0 Å². The minimum Gasteiger partial charge on any atom is -0.377 e. The van der Waals surface area contributed by atoms with E-state index in [1.807, 2.05) is 0 Å². The average molecular weight is 186 g/mol. The summed E-state index contributed by atoms with van der Waals surface area (Å²) < 4.78 is 5.21. The van der Waals surface area contributed by atoms with Gasteiger partial charge in [-0.25, -0.2) is 0 Å². The van der Waals surface area contributed by atoms with Crippen LogP contribution in [-0.2, 0) is 9.53 Å². The number of carbonyl (C=O) groups excluding carboxylic acids is 1. The fourth-order valence-corrected chi connectivity index (χ4v) is 1.26. The highest BCUT2D eigenvalue weighted by Crippen LogP contribution is 1.95. The summed E-state index contributed by atoms with van der Waals surface area (Å²) in [6.45, 7) is 4.22. The molecule has 1 aliphatic rings. The molecule has 1 fully saturated rings. The zero-order chi connectivity index (χ0) is 9.52. The SMILES string of the molecule is CCCCC(=O)NC1COCCN1. The Labute approximate surface area is 79.0 Å². The van der Waals surface area contributed by atoms with Crippen molar-refractivity contribution in [2.75, 3.05) is 19.8 Å². The van der Waals surface area contributed by atoms with Crippen molar-refractivity contribution < 1.29 is 9.53 Å². The lowest BCUT2D eigenvalue weighted by atomic mass is 10.2. The molecule has 1 amide bonds. The molecule has 13 heavy (non-hydrogen) atoms. The molecule has 0 aliphatic carbocycles. The van der Waals surface area contributed by atoms with E-state index in [1.165, 1.54) is 0 Å². The predicted octanol–water partition coefficient (Wildman–Crippen LogP) is 0.239. The van der Waals surface area contributed by atoms with Gasteiger partial charge in [0.05, 0.1) is 13.2 Å². The maximum atomic E-state index is 11.3. The van der Waals surface area contributed by atoms with E-state index in [9.17, 15) is 4.79 Å². The molecule has 4 nitrogen and oxygen atoms in total. The van der Waals surface area contributed by atoms with Gasteiger partial charge in [-0.05, 0) is 6.42 Å². The van der Waals surface area contributed by atoms with Crippen LogP contribution in [0.3, 0.4) is 0 Å². The lowest BCUT2D eigenvalue weighted by Crippen LogP contribution is -2.52. The quantitative estimate of drug-likeness (QED) is 0.661. The van der Waals surface area contributed by atoms with Gasteiger partial charge in [-0.2, -0.15) is 0 Å². The molecule has 1 aliphatic heterocycles.